The topological polar surface area (TPSA) is 133 Å². The van der Waals surface area contributed by atoms with Gasteiger partial charge in [0.1, 0.15) is 58.1 Å². The predicted octanol–water partition coefficient (Wildman–Crippen LogP) is 11.0. The number of fused-ring (bicyclic) bond motifs is 3. The van der Waals surface area contributed by atoms with Crippen molar-refractivity contribution in [2.75, 3.05) is 14.2 Å². The lowest BCUT2D eigenvalue weighted by molar-refractivity contribution is -0.143. The van der Waals surface area contributed by atoms with Gasteiger partial charge in [0.2, 0.25) is 0 Å². The van der Waals surface area contributed by atoms with Crippen molar-refractivity contribution in [2.45, 2.75) is 70.4 Å². The summed E-state index contributed by atoms with van der Waals surface area (Å²) in [5, 5.41) is 5.83. The molecule has 2 aliphatic carbocycles. The minimum atomic E-state index is -1.20. The van der Waals surface area contributed by atoms with Crippen LogP contribution in [0.5, 0.6) is 0 Å². The quantitative estimate of drug-likeness (QED) is 0.0920. The van der Waals surface area contributed by atoms with Gasteiger partial charge >= 0.3 is 11.9 Å². The molecule has 10 nitrogen and oxygen atoms in total. The molecule has 1 heterocycles. The van der Waals surface area contributed by atoms with Gasteiger partial charge in [0.05, 0.1) is 35.3 Å². The second-order valence-corrected chi connectivity index (χ2v) is 19.0. The molecule has 388 valence electrons. The Bertz CT molecular complexity index is 3470. The van der Waals surface area contributed by atoms with Crippen molar-refractivity contribution in [1.29, 1.82) is 0 Å². The lowest BCUT2D eigenvalue weighted by Crippen LogP contribution is -2.43. The SMILES string of the molecule is COC(=O)[C@H](Cc1ccc(-c2c(C)c3cc(F)ccc3n(C)c2=O)c2c1CCC2)NC(=O)c1c(F)cccc1F.COC(=O)[C@H](Cc1ccc(-c2c(Cl)cc(F)cc2Cl)c2c1CCC2)NC(=O)c1c(F)cccc1F. The van der Waals surface area contributed by atoms with E-state index in [0.29, 0.717) is 46.9 Å². The lowest BCUT2D eigenvalue weighted by Gasteiger charge is -2.21. The molecule has 0 unspecified atom stereocenters. The smallest absolute Gasteiger partial charge is 0.328 e. The van der Waals surface area contributed by atoms with E-state index in [4.69, 9.17) is 32.7 Å². The van der Waals surface area contributed by atoms with Crippen LogP contribution in [0.2, 0.25) is 10.0 Å². The number of hydrogen-bond donors (Lipinski definition) is 2. The maximum absolute atomic E-state index is 14.2. The summed E-state index contributed by atoms with van der Waals surface area (Å²) in [6, 6.07) is 17.6. The van der Waals surface area contributed by atoms with Crippen LogP contribution in [0.25, 0.3) is 33.2 Å². The highest BCUT2D eigenvalue weighted by Crippen LogP contribution is 2.42. The summed E-state index contributed by atoms with van der Waals surface area (Å²) in [6.07, 6.45) is 4.53. The third-order valence-corrected chi connectivity index (χ3v) is 14.3. The molecule has 1 aromatic heterocycles. The number of pyridine rings is 1. The number of carbonyl (C=O) groups excluding carboxylic acids is 4. The molecule has 0 spiro atoms. The number of methoxy groups -OCH3 is 2. The minimum Gasteiger partial charge on any atom is -0.467 e. The molecule has 2 aliphatic rings. The largest absolute Gasteiger partial charge is 0.467 e. The van der Waals surface area contributed by atoms with E-state index in [1.807, 2.05) is 0 Å². The van der Waals surface area contributed by atoms with Gasteiger partial charge in [0.25, 0.3) is 17.4 Å². The number of rotatable bonds is 12. The number of nitrogens with one attached hydrogen (secondary N) is 2. The highest BCUT2D eigenvalue weighted by molar-refractivity contribution is 6.39. The molecule has 2 atom stereocenters. The zero-order chi connectivity index (χ0) is 54.0. The number of aryl methyl sites for hydroxylation is 2. The van der Waals surface area contributed by atoms with E-state index in [0.717, 1.165) is 107 Å². The molecule has 0 radical (unpaired) electrons. The molecule has 0 saturated heterocycles. The number of aromatic nitrogens is 1. The van der Waals surface area contributed by atoms with Crippen LogP contribution in [-0.4, -0.2) is 54.6 Å². The van der Waals surface area contributed by atoms with Gasteiger partial charge in [0.15, 0.2) is 0 Å². The van der Waals surface area contributed by atoms with Crippen LogP contribution < -0.4 is 16.2 Å². The number of ether oxygens (including phenoxy) is 2. The Hall–Kier alpha value is -7.43. The molecule has 0 fully saturated rings. The van der Waals surface area contributed by atoms with Crippen LogP contribution in [0.15, 0.2) is 95.8 Å². The normalized spacial score (nSPS) is 13.3. The number of carbonyl (C=O) groups is 4. The number of hydrogen-bond acceptors (Lipinski definition) is 7. The zero-order valence-corrected chi connectivity index (χ0v) is 42.3. The van der Waals surface area contributed by atoms with Gasteiger partial charge in [-0.05, 0) is 150 Å². The maximum atomic E-state index is 14.2. The average molecular weight is 1070 g/mol. The molecular formula is C57H47Cl2F6N3O7. The van der Waals surface area contributed by atoms with E-state index in [1.54, 1.807) is 44.3 Å². The molecule has 75 heavy (non-hydrogen) atoms. The molecule has 9 rings (SSSR count). The summed E-state index contributed by atoms with van der Waals surface area (Å²) in [5.74, 6) is -8.74. The zero-order valence-electron chi connectivity index (χ0n) is 40.8. The van der Waals surface area contributed by atoms with Gasteiger partial charge in [-0.15, -0.1) is 0 Å². The summed E-state index contributed by atoms with van der Waals surface area (Å²) in [6.45, 7) is 1.80. The standard InChI is InChI=1S/C31H27F3N2O4.C26H20Cl2F3NO3/c1-16-22-15-18(32)11-13-26(22)36(2)30(38)27(16)21-12-10-17(19-6-4-7-20(19)21)14-25(31(39)40-3)35-29(37)28-23(33)8-5-9-24(28)34;1-35-26(34)22(32-25(33)24-20(30)6-3-7-21(24)31)10-13-8-9-17(16-5-2-4-15(13)16)23-18(27)11-14(29)12-19(23)28/h5,8-13,15,25H,4,6-7,14H2,1-3H3,(H,35,37);3,6-9,11-12,22H,2,4-5,10H2,1H3,(H,32,33)/t25-;22-/m00/s1. The van der Waals surface area contributed by atoms with Crippen molar-refractivity contribution >= 4 is 57.9 Å². The molecule has 0 saturated carbocycles. The van der Waals surface area contributed by atoms with Gasteiger partial charge in [-0.3, -0.25) is 14.4 Å². The van der Waals surface area contributed by atoms with Crippen LogP contribution in [0.4, 0.5) is 26.3 Å². The van der Waals surface area contributed by atoms with Crippen molar-refractivity contribution in [3.05, 3.63) is 196 Å². The van der Waals surface area contributed by atoms with E-state index in [2.05, 4.69) is 10.6 Å². The predicted molar refractivity (Wildman–Crippen MR) is 272 cm³/mol. The van der Waals surface area contributed by atoms with E-state index >= 15 is 0 Å². The Kier molecular flexibility index (Phi) is 16.2. The Morgan fingerprint density at radius 2 is 1.01 bits per heavy atom. The number of amides is 2. The summed E-state index contributed by atoms with van der Waals surface area (Å²) < 4.78 is 95.6. The van der Waals surface area contributed by atoms with Crippen molar-refractivity contribution in [1.82, 2.24) is 15.2 Å². The Balaban J connectivity index is 0.000000201. The fourth-order valence-corrected chi connectivity index (χ4v) is 10.9. The van der Waals surface area contributed by atoms with Gasteiger partial charge in [-0.2, -0.15) is 0 Å². The van der Waals surface area contributed by atoms with Crippen LogP contribution >= 0.6 is 23.2 Å². The first-order valence-corrected chi connectivity index (χ1v) is 24.5. The third-order valence-electron chi connectivity index (χ3n) is 13.7. The minimum absolute atomic E-state index is 0.0248. The fraction of sp³-hybridized carbons (Fsp3) is 0.246. The summed E-state index contributed by atoms with van der Waals surface area (Å²) in [4.78, 5) is 64.0. The van der Waals surface area contributed by atoms with Gasteiger partial charge in [-0.1, -0.05) is 59.6 Å². The summed E-state index contributed by atoms with van der Waals surface area (Å²) in [5.41, 5.74) is 7.39. The molecule has 2 N–H and O–H groups in total. The van der Waals surface area contributed by atoms with E-state index < -0.39 is 81.9 Å². The molecule has 2 amide bonds. The van der Waals surface area contributed by atoms with Crippen LogP contribution in [0.1, 0.15) is 72.5 Å². The molecule has 6 aromatic carbocycles. The number of halogens is 8. The Morgan fingerprint density at radius 3 is 1.45 bits per heavy atom. The first-order chi connectivity index (χ1) is 35.8. The average Bonchev–Trinajstić information content (AvgIpc) is 4.09. The van der Waals surface area contributed by atoms with E-state index in [9.17, 15) is 50.3 Å². The van der Waals surface area contributed by atoms with Gasteiger partial charge in [-0.25, -0.2) is 35.9 Å². The van der Waals surface area contributed by atoms with Crippen molar-refractivity contribution < 1.29 is 55.0 Å². The van der Waals surface area contributed by atoms with Crippen molar-refractivity contribution in [3.63, 3.8) is 0 Å². The van der Waals surface area contributed by atoms with Crippen LogP contribution in [0.3, 0.4) is 0 Å². The molecule has 0 aliphatic heterocycles. The van der Waals surface area contributed by atoms with E-state index in [1.165, 1.54) is 35.9 Å². The first-order valence-electron chi connectivity index (χ1n) is 23.7. The van der Waals surface area contributed by atoms with Crippen LogP contribution in [-0.2, 0) is 64.6 Å². The molecular weight excluding hydrogens is 1020 g/mol. The highest BCUT2D eigenvalue weighted by Gasteiger charge is 2.32. The Labute approximate surface area is 436 Å². The number of nitrogens with zero attached hydrogens (tertiary/aromatic N) is 1. The summed E-state index contributed by atoms with van der Waals surface area (Å²) >= 11 is 12.6. The Morgan fingerprint density at radius 1 is 0.587 bits per heavy atom. The molecule has 18 heteroatoms. The second kappa shape index (κ2) is 22.6. The van der Waals surface area contributed by atoms with Crippen LogP contribution in [0, 0.1) is 41.8 Å². The third kappa shape index (κ3) is 10.9. The molecule has 7 aromatic rings. The second-order valence-electron chi connectivity index (χ2n) is 18.1. The van der Waals surface area contributed by atoms with Gasteiger partial charge < -0.3 is 24.7 Å². The van der Waals surface area contributed by atoms with Crippen molar-refractivity contribution in [2.24, 2.45) is 7.05 Å². The molecule has 0 bridgehead atoms. The van der Waals surface area contributed by atoms with E-state index in [-0.39, 0.29) is 28.4 Å². The number of esters is 2. The monoisotopic (exact) mass is 1070 g/mol. The number of benzene rings is 6. The first kappa shape index (κ1) is 53.8. The van der Waals surface area contributed by atoms with Gasteiger partial charge in [0, 0.05) is 30.8 Å². The fourth-order valence-electron chi connectivity index (χ4n) is 10.2. The summed E-state index contributed by atoms with van der Waals surface area (Å²) in [7, 11) is 3.99. The lowest BCUT2D eigenvalue weighted by atomic mass is 9.89. The maximum Gasteiger partial charge on any atom is 0.328 e. The highest BCUT2D eigenvalue weighted by atomic mass is 35.5. The van der Waals surface area contributed by atoms with Crippen molar-refractivity contribution in [3.8, 4) is 22.3 Å².